The first-order chi connectivity index (χ1) is 8.72. The van der Waals surface area contributed by atoms with Crippen LogP contribution in [0.5, 0.6) is 5.75 Å². The lowest BCUT2D eigenvalue weighted by Crippen LogP contribution is -1.97. The summed E-state index contributed by atoms with van der Waals surface area (Å²) >= 11 is 3.25. The number of halogens is 2. The molecule has 0 fully saturated rings. The van der Waals surface area contributed by atoms with E-state index in [0.29, 0.717) is 12.4 Å². The molecular formula is C15H22BrFO. The van der Waals surface area contributed by atoms with Gasteiger partial charge in [-0.05, 0) is 18.6 Å². The number of hydrogen-bond acceptors (Lipinski definition) is 1. The van der Waals surface area contributed by atoms with Crippen LogP contribution in [0.25, 0.3) is 0 Å². The smallest absolute Gasteiger partial charge is 0.128 e. The Labute approximate surface area is 118 Å². The van der Waals surface area contributed by atoms with Crippen molar-refractivity contribution in [2.75, 3.05) is 6.61 Å². The molecule has 18 heavy (non-hydrogen) atoms. The van der Waals surface area contributed by atoms with E-state index in [-0.39, 0.29) is 5.82 Å². The summed E-state index contributed by atoms with van der Waals surface area (Å²) in [7, 11) is 0. The van der Waals surface area contributed by atoms with Gasteiger partial charge in [-0.25, -0.2) is 4.39 Å². The highest BCUT2D eigenvalue weighted by molar-refractivity contribution is 9.10. The lowest BCUT2D eigenvalue weighted by molar-refractivity contribution is 0.302. The Morgan fingerprint density at radius 1 is 1.00 bits per heavy atom. The Bertz CT molecular complexity index is 321. The molecule has 1 nitrogen and oxygen atoms in total. The molecule has 0 aliphatic carbocycles. The molecule has 0 amide bonds. The second-order valence-corrected chi connectivity index (χ2v) is 5.49. The predicted molar refractivity (Wildman–Crippen MR) is 77.6 cm³/mol. The summed E-state index contributed by atoms with van der Waals surface area (Å²) in [5, 5.41) is 0. The largest absolute Gasteiger partial charge is 0.493 e. The van der Waals surface area contributed by atoms with Crippen LogP contribution in [0.1, 0.15) is 51.9 Å². The minimum Gasteiger partial charge on any atom is -0.493 e. The molecule has 1 aromatic rings. The first kappa shape index (κ1) is 15.5. The van der Waals surface area contributed by atoms with Crippen molar-refractivity contribution in [1.29, 1.82) is 0 Å². The molecule has 1 rings (SSSR count). The minimum atomic E-state index is -0.265. The Balaban J connectivity index is 2.07. The molecule has 0 spiro atoms. The number of rotatable bonds is 9. The summed E-state index contributed by atoms with van der Waals surface area (Å²) in [6.45, 7) is 2.90. The maximum Gasteiger partial charge on any atom is 0.128 e. The molecular weight excluding hydrogens is 295 g/mol. The van der Waals surface area contributed by atoms with E-state index < -0.39 is 0 Å². The van der Waals surface area contributed by atoms with E-state index in [2.05, 4.69) is 22.9 Å². The van der Waals surface area contributed by atoms with Gasteiger partial charge in [0.25, 0.3) is 0 Å². The molecule has 0 radical (unpaired) electrons. The van der Waals surface area contributed by atoms with E-state index in [1.807, 2.05) is 0 Å². The van der Waals surface area contributed by atoms with Crippen LogP contribution in [0.2, 0.25) is 0 Å². The van der Waals surface area contributed by atoms with Crippen molar-refractivity contribution in [3.8, 4) is 5.75 Å². The van der Waals surface area contributed by atoms with Gasteiger partial charge in [0.05, 0.1) is 6.61 Å². The molecule has 0 N–H and O–H groups in total. The molecule has 0 aliphatic heterocycles. The summed E-state index contributed by atoms with van der Waals surface area (Å²) in [6, 6.07) is 4.65. The molecule has 0 heterocycles. The molecule has 0 unspecified atom stereocenters. The minimum absolute atomic E-state index is 0.265. The van der Waals surface area contributed by atoms with Gasteiger partial charge in [0.15, 0.2) is 0 Å². The van der Waals surface area contributed by atoms with E-state index in [1.165, 1.54) is 50.7 Å². The maximum absolute atomic E-state index is 13.1. The number of benzene rings is 1. The van der Waals surface area contributed by atoms with Crippen molar-refractivity contribution in [2.24, 2.45) is 0 Å². The molecule has 0 bridgehead atoms. The van der Waals surface area contributed by atoms with Gasteiger partial charge >= 0.3 is 0 Å². The molecule has 0 atom stereocenters. The summed E-state index contributed by atoms with van der Waals surface area (Å²) in [5.74, 6) is 0.340. The standard InChI is InChI=1S/C15H22BrFO/c1-2-3-4-5-6-7-8-9-18-15-11-13(16)10-14(17)12-15/h10-12H,2-9H2,1H3. The fourth-order valence-electron chi connectivity index (χ4n) is 1.86. The Kier molecular flexibility index (Phi) is 8.06. The van der Waals surface area contributed by atoms with Gasteiger partial charge in [0, 0.05) is 10.5 Å². The Morgan fingerprint density at radius 2 is 1.67 bits per heavy atom. The van der Waals surface area contributed by atoms with E-state index in [0.717, 1.165) is 10.9 Å². The third-order valence-corrected chi connectivity index (χ3v) is 3.31. The van der Waals surface area contributed by atoms with Crippen LogP contribution in [0, 0.1) is 5.82 Å². The third kappa shape index (κ3) is 7.00. The fraction of sp³-hybridized carbons (Fsp3) is 0.600. The lowest BCUT2D eigenvalue weighted by atomic mass is 10.1. The maximum atomic E-state index is 13.1. The molecule has 0 aromatic heterocycles. The average molecular weight is 317 g/mol. The average Bonchev–Trinajstić information content (AvgIpc) is 2.31. The van der Waals surface area contributed by atoms with Gasteiger partial charge in [-0.3, -0.25) is 0 Å². The van der Waals surface area contributed by atoms with Crippen LogP contribution >= 0.6 is 15.9 Å². The molecule has 0 saturated carbocycles. The highest BCUT2D eigenvalue weighted by atomic mass is 79.9. The van der Waals surface area contributed by atoms with Crippen LogP contribution in [0.15, 0.2) is 22.7 Å². The predicted octanol–water partition coefficient (Wildman–Crippen LogP) is 5.72. The van der Waals surface area contributed by atoms with Crippen molar-refractivity contribution in [3.63, 3.8) is 0 Å². The summed E-state index contributed by atoms with van der Waals surface area (Å²) < 4.78 is 19.3. The van der Waals surface area contributed by atoms with Crippen molar-refractivity contribution in [3.05, 3.63) is 28.5 Å². The van der Waals surface area contributed by atoms with Crippen molar-refractivity contribution in [1.82, 2.24) is 0 Å². The topological polar surface area (TPSA) is 9.23 Å². The first-order valence-electron chi connectivity index (χ1n) is 6.81. The normalized spacial score (nSPS) is 10.6. The van der Waals surface area contributed by atoms with Crippen LogP contribution in [0.4, 0.5) is 4.39 Å². The SMILES string of the molecule is CCCCCCCCCOc1cc(F)cc(Br)c1. The molecule has 3 heteroatoms. The second-order valence-electron chi connectivity index (χ2n) is 4.57. The summed E-state index contributed by atoms with van der Waals surface area (Å²) in [5.41, 5.74) is 0. The number of unbranched alkanes of at least 4 members (excludes halogenated alkanes) is 6. The van der Waals surface area contributed by atoms with Gasteiger partial charge in [0.2, 0.25) is 0 Å². The monoisotopic (exact) mass is 316 g/mol. The van der Waals surface area contributed by atoms with Crippen LogP contribution in [-0.4, -0.2) is 6.61 Å². The van der Waals surface area contributed by atoms with E-state index in [9.17, 15) is 4.39 Å². The zero-order chi connectivity index (χ0) is 13.2. The van der Waals surface area contributed by atoms with Gasteiger partial charge < -0.3 is 4.74 Å². The molecule has 0 aliphatic rings. The summed E-state index contributed by atoms with van der Waals surface area (Å²) in [6.07, 6.45) is 8.80. The Morgan fingerprint density at radius 3 is 2.33 bits per heavy atom. The first-order valence-corrected chi connectivity index (χ1v) is 7.60. The lowest BCUT2D eigenvalue weighted by Gasteiger charge is -2.06. The third-order valence-electron chi connectivity index (χ3n) is 2.85. The molecule has 1 aromatic carbocycles. The van der Waals surface area contributed by atoms with Crippen molar-refractivity contribution >= 4 is 15.9 Å². The van der Waals surface area contributed by atoms with Gasteiger partial charge in [0.1, 0.15) is 11.6 Å². The zero-order valence-corrected chi connectivity index (χ0v) is 12.6. The van der Waals surface area contributed by atoms with Crippen LogP contribution in [-0.2, 0) is 0 Å². The summed E-state index contributed by atoms with van der Waals surface area (Å²) in [4.78, 5) is 0. The molecule has 102 valence electrons. The highest BCUT2D eigenvalue weighted by Crippen LogP contribution is 2.20. The van der Waals surface area contributed by atoms with E-state index in [4.69, 9.17) is 4.74 Å². The zero-order valence-electron chi connectivity index (χ0n) is 11.1. The van der Waals surface area contributed by atoms with Gasteiger partial charge in [-0.2, -0.15) is 0 Å². The fourth-order valence-corrected chi connectivity index (χ4v) is 2.31. The van der Waals surface area contributed by atoms with Crippen LogP contribution < -0.4 is 4.74 Å². The van der Waals surface area contributed by atoms with Crippen molar-refractivity contribution in [2.45, 2.75) is 51.9 Å². The second kappa shape index (κ2) is 9.37. The molecule has 0 saturated heterocycles. The quantitative estimate of drug-likeness (QED) is 0.529. The van der Waals surface area contributed by atoms with Crippen molar-refractivity contribution < 1.29 is 9.13 Å². The number of hydrogen-bond donors (Lipinski definition) is 0. The van der Waals surface area contributed by atoms with Crippen LogP contribution in [0.3, 0.4) is 0 Å². The van der Waals surface area contributed by atoms with E-state index >= 15 is 0 Å². The van der Waals surface area contributed by atoms with Gasteiger partial charge in [-0.1, -0.05) is 61.4 Å². The highest BCUT2D eigenvalue weighted by Gasteiger charge is 1.99. The number of ether oxygens (including phenoxy) is 1. The Hall–Kier alpha value is -0.570. The van der Waals surface area contributed by atoms with E-state index in [1.54, 1.807) is 6.07 Å². The van der Waals surface area contributed by atoms with Gasteiger partial charge in [-0.15, -0.1) is 0 Å².